The molecule has 108 valence electrons. The van der Waals surface area contributed by atoms with Crippen molar-refractivity contribution in [2.75, 3.05) is 17.8 Å². The molecule has 0 heterocycles. The van der Waals surface area contributed by atoms with Crippen LogP contribution in [0.15, 0.2) is 24.3 Å². The normalized spacial score (nSPS) is 12.4. The molecule has 4 N–H and O–H groups in total. The highest BCUT2D eigenvalue weighted by Crippen LogP contribution is 2.14. The lowest BCUT2D eigenvalue weighted by molar-refractivity contribution is -0.121. The second-order valence-corrected chi connectivity index (χ2v) is 5.28. The summed E-state index contributed by atoms with van der Waals surface area (Å²) >= 11 is 0. The van der Waals surface area contributed by atoms with Crippen molar-refractivity contribution in [1.82, 2.24) is 4.72 Å². The van der Waals surface area contributed by atoms with Gasteiger partial charge in [0.25, 0.3) is 10.2 Å². The molecule has 0 aliphatic rings. The summed E-state index contributed by atoms with van der Waals surface area (Å²) in [5.41, 5.74) is 6.44. The lowest BCUT2D eigenvalue weighted by atomic mass is 10.1. The number of alkyl halides is 3. The van der Waals surface area contributed by atoms with Crippen LogP contribution in [0.2, 0.25) is 0 Å². The van der Waals surface area contributed by atoms with Gasteiger partial charge in [0.05, 0.1) is 0 Å². The summed E-state index contributed by atoms with van der Waals surface area (Å²) in [6.07, 6.45) is -3.96. The molecule has 0 fully saturated rings. The monoisotopic (exact) mass is 297 g/mol. The summed E-state index contributed by atoms with van der Waals surface area (Å²) in [6.45, 7) is -1.16. The number of nitrogens with one attached hydrogen (secondary N) is 2. The average molecular weight is 297 g/mol. The van der Waals surface area contributed by atoms with E-state index >= 15 is 0 Å². The van der Waals surface area contributed by atoms with Crippen LogP contribution in [0.4, 0.5) is 18.9 Å². The minimum atomic E-state index is -4.60. The van der Waals surface area contributed by atoms with Gasteiger partial charge in [-0.2, -0.15) is 26.3 Å². The third kappa shape index (κ3) is 6.41. The van der Waals surface area contributed by atoms with Gasteiger partial charge < -0.3 is 5.73 Å². The Hall–Kier alpha value is -1.32. The van der Waals surface area contributed by atoms with Crippen LogP contribution in [0.25, 0.3) is 0 Å². The van der Waals surface area contributed by atoms with Crippen molar-refractivity contribution in [3.05, 3.63) is 29.8 Å². The van der Waals surface area contributed by atoms with E-state index in [1.807, 2.05) is 4.72 Å². The molecule has 0 amide bonds. The number of hydrogen-bond acceptors (Lipinski definition) is 3. The van der Waals surface area contributed by atoms with Gasteiger partial charge in [-0.15, -0.1) is 0 Å². The second-order valence-electron chi connectivity index (χ2n) is 3.78. The third-order valence-electron chi connectivity index (χ3n) is 2.10. The molecular weight excluding hydrogens is 283 g/mol. The van der Waals surface area contributed by atoms with Crippen molar-refractivity contribution < 1.29 is 21.6 Å². The molecule has 9 heteroatoms. The first kappa shape index (κ1) is 15.7. The van der Waals surface area contributed by atoms with Gasteiger partial charge in [-0.1, -0.05) is 12.1 Å². The van der Waals surface area contributed by atoms with Gasteiger partial charge in [0.15, 0.2) is 0 Å². The van der Waals surface area contributed by atoms with Gasteiger partial charge >= 0.3 is 6.18 Å². The maximum Gasteiger partial charge on any atom is 0.402 e. The van der Waals surface area contributed by atoms with E-state index in [1.54, 1.807) is 12.1 Å². The van der Waals surface area contributed by atoms with Crippen molar-refractivity contribution in [2.24, 2.45) is 5.73 Å². The zero-order valence-corrected chi connectivity index (χ0v) is 10.7. The van der Waals surface area contributed by atoms with E-state index in [-0.39, 0.29) is 5.69 Å². The zero-order chi connectivity index (χ0) is 14.5. The van der Waals surface area contributed by atoms with Crippen LogP contribution < -0.4 is 15.2 Å². The molecule has 1 aromatic rings. The molecule has 0 aliphatic heterocycles. The topological polar surface area (TPSA) is 84.2 Å². The fraction of sp³-hybridized carbons (Fsp3) is 0.400. The SMILES string of the molecule is NCCc1ccc(NS(=O)(=O)NCC(F)(F)F)cc1. The maximum atomic E-state index is 11.9. The lowest BCUT2D eigenvalue weighted by Crippen LogP contribution is -2.37. The van der Waals surface area contributed by atoms with E-state index in [0.717, 1.165) is 5.56 Å². The Morgan fingerprint density at radius 1 is 1.16 bits per heavy atom. The largest absolute Gasteiger partial charge is 0.402 e. The first-order valence-corrected chi connectivity index (χ1v) is 6.83. The molecule has 19 heavy (non-hydrogen) atoms. The van der Waals surface area contributed by atoms with Crippen LogP contribution in [0.5, 0.6) is 0 Å². The van der Waals surface area contributed by atoms with E-state index in [9.17, 15) is 21.6 Å². The minimum absolute atomic E-state index is 0.176. The van der Waals surface area contributed by atoms with Crippen molar-refractivity contribution in [3.8, 4) is 0 Å². The molecule has 1 rings (SSSR count). The number of halogens is 3. The first-order chi connectivity index (χ1) is 8.72. The van der Waals surface area contributed by atoms with Gasteiger partial charge in [0.2, 0.25) is 0 Å². The highest BCUT2D eigenvalue weighted by atomic mass is 32.2. The first-order valence-electron chi connectivity index (χ1n) is 5.35. The summed E-state index contributed by atoms with van der Waals surface area (Å²) in [5.74, 6) is 0. The van der Waals surface area contributed by atoms with Crippen molar-refractivity contribution in [1.29, 1.82) is 0 Å². The standard InChI is InChI=1S/C10H14F3N3O2S/c11-10(12,13)7-15-19(17,18)16-9-3-1-8(2-4-9)5-6-14/h1-4,15-16H,5-7,14H2. The Labute approximate surface area is 109 Å². The van der Waals surface area contributed by atoms with E-state index in [0.29, 0.717) is 13.0 Å². The Balaban J connectivity index is 2.62. The van der Waals surface area contributed by atoms with Crippen molar-refractivity contribution in [3.63, 3.8) is 0 Å². The van der Waals surface area contributed by atoms with Crippen LogP contribution in [-0.2, 0) is 16.6 Å². The fourth-order valence-electron chi connectivity index (χ4n) is 1.27. The smallest absolute Gasteiger partial charge is 0.330 e. The summed E-state index contributed by atoms with van der Waals surface area (Å²) in [7, 11) is -4.24. The number of rotatable bonds is 6. The van der Waals surface area contributed by atoms with Crippen molar-refractivity contribution in [2.45, 2.75) is 12.6 Å². The van der Waals surface area contributed by atoms with Gasteiger partial charge in [-0.05, 0) is 30.7 Å². The van der Waals surface area contributed by atoms with Crippen LogP contribution in [0.1, 0.15) is 5.56 Å². The average Bonchev–Trinajstić information content (AvgIpc) is 2.29. The van der Waals surface area contributed by atoms with Gasteiger partial charge in [0.1, 0.15) is 6.54 Å². The molecule has 0 saturated carbocycles. The van der Waals surface area contributed by atoms with Gasteiger partial charge in [0, 0.05) is 5.69 Å². The van der Waals surface area contributed by atoms with Gasteiger partial charge in [-0.25, -0.2) is 0 Å². The van der Waals surface area contributed by atoms with Crippen molar-refractivity contribution >= 4 is 15.9 Å². The van der Waals surface area contributed by atoms with Gasteiger partial charge in [-0.3, -0.25) is 4.72 Å². The van der Waals surface area contributed by atoms with E-state index < -0.39 is 22.9 Å². The number of nitrogens with two attached hydrogens (primary N) is 1. The highest BCUT2D eigenvalue weighted by Gasteiger charge is 2.29. The summed E-state index contributed by atoms with van der Waals surface area (Å²) in [6, 6.07) is 6.21. The molecule has 0 bridgehead atoms. The number of hydrogen-bond donors (Lipinski definition) is 3. The molecule has 1 aromatic carbocycles. The molecule has 0 unspecified atom stereocenters. The summed E-state index contributed by atoms with van der Waals surface area (Å²) in [5, 5.41) is 0. The van der Waals surface area contributed by atoms with Crippen LogP contribution in [0, 0.1) is 0 Å². The maximum absolute atomic E-state index is 11.9. The molecule has 0 radical (unpaired) electrons. The Kier molecular flexibility index (Phi) is 5.15. The minimum Gasteiger partial charge on any atom is -0.330 e. The van der Waals surface area contributed by atoms with E-state index in [1.165, 1.54) is 16.9 Å². The number of benzene rings is 1. The predicted octanol–water partition coefficient (Wildman–Crippen LogP) is 0.996. The molecule has 0 spiro atoms. The van der Waals surface area contributed by atoms with E-state index in [2.05, 4.69) is 0 Å². The Bertz CT molecular complexity index is 500. The quantitative estimate of drug-likeness (QED) is 0.732. The highest BCUT2D eigenvalue weighted by molar-refractivity contribution is 7.90. The van der Waals surface area contributed by atoms with Crippen LogP contribution >= 0.6 is 0 Å². The Morgan fingerprint density at radius 2 is 1.74 bits per heavy atom. The fourth-order valence-corrected chi connectivity index (χ4v) is 2.15. The number of anilines is 1. The molecule has 0 aliphatic carbocycles. The third-order valence-corrected chi connectivity index (χ3v) is 3.13. The van der Waals surface area contributed by atoms with Crippen LogP contribution in [0.3, 0.4) is 0 Å². The zero-order valence-electron chi connectivity index (χ0n) is 9.87. The predicted molar refractivity (Wildman–Crippen MR) is 65.8 cm³/mol. The summed E-state index contributed by atoms with van der Waals surface area (Å²) < 4.78 is 61.7. The van der Waals surface area contributed by atoms with Crippen LogP contribution in [-0.4, -0.2) is 27.7 Å². The molecule has 0 saturated heterocycles. The molecule has 0 aromatic heterocycles. The molecule has 5 nitrogen and oxygen atoms in total. The summed E-state index contributed by atoms with van der Waals surface area (Å²) in [4.78, 5) is 0. The molecule has 0 atom stereocenters. The van der Waals surface area contributed by atoms with E-state index in [4.69, 9.17) is 5.73 Å². The lowest BCUT2D eigenvalue weighted by Gasteiger charge is -2.11. The Morgan fingerprint density at radius 3 is 2.21 bits per heavy atom. The second kappa shape index (κ2) is 6.22. The molecular formula is C10H14F3N3O2S.